The zero-order chi connectivity index (χ0) is 14.7. The fourth-order valence-electron chi connectivity index (χ4n) is 3.28. The number of ether oxygens (including phenoxy) is 2. The van der Waals surface area contributed by atoms with Crippen LogP contribution in [0.1, 0.15) is 55.9 Å². The topological polar surface area (TPSA) is 18.5 Å². The van der Waals surface area contributed by atoms with Crippen LogP contribution in [0.2, 0.25) is 0 Å². The molecule has 1 aromatic rings. The maximum atomic E-state index is 6.70. The molecule has 0 saturated heterocycles. The first kappa shape index (κ1) is 15.5. The molecule has 1 fully saturated rings. The van der Waals surface area contributed by atoms with Gasteiger partial charge >= 0.3 is 0 Å². The summed E-state index contributed by atoms with van der Waals surface area (Å²) >= 11 is 10.3. The summed E-state index contributed by atoms with van der Waals surface area (Å²) in [6.07, 6.45) is 8.73. The fraction of sp³-hybridized carbons (Fsp3) is 0.647. The summed E-state index contributed by atoms with van der Waals surface area (Å²) < 4.78 is 12.5. The molecule has 2 nitrogen and oxygen atoms in total. The zero-order valence-electron chi connectivity index (χ0n) is 12.2. The predicted octanol–water partition coefficient (Wildman–Crippen LogP) is 5.86. The van der Waals surface area contributed by atoms with Crippen molar-refractivity contribution < 1.29 is 9.47 Å². The standard InChI is InChI=1S/C17H22BrClO2/c18-14-11-17-16(20-7-4-8-21-17)10-13(14)15(19)9-12-5-2-1-3-6-12/h10-12,15H,1-9H2. The van der Waals surface area contributed by atoms with E-state index in [9.17, 15) is 0 Å². The van der Waals surface area contributed by atoms with Crippen LogP contribution in [0.15, 0.2) is 16.6 Å². The van der Waals surface area contributed by atoms with Crippen LogP contribution in [0.3, 0.4) is 0 Å². The van der Waals surface area contributed by atoms with Gasteiger partial charge in [0.05, 0.1) is 18.6 Å². The van der Waals surface area contributed by atoms with Crippen LogP contribution in [0.5, 0.6) is 11.5 Å². The van der Waals surface area contributed by atoms with Gasteiger partial charge in [-0.15, -0.1) is 11.6 Å². The van der Waals surface area contributed by atoms with Crippen molar-refractivity contribution in [3.8, 4) is 11.5 Å². The van der Waals surface area contributed by atoms with E-state index in [0.717, 1.165) is 40.3 Å². The molecule has 1 aliphatic heterocycles. The minimum atomic E-state index is 0.0413. The summed E-state index contributed by atoms with van der Waals surface area (Å²) in [5, 5.41) is 0.0413. The highest BCUT2D eigenvalue weighted by atomic mass is 79.9. The molecule has 1 heterocycles. The number of hydrogen-bond donors (Lipinski definition) is 0. The third-order valence-electron chi connectivity index (χ3n) is 4.47. The molecule has 1 saturated carbocycles. The van der Waals surface area contributed by atoms with Crippen LogP contribution in [-0.4, -0.2) is 13.2 Å². The van der Waals surface area contributed by atoms with Gasteiger partial charge in [0.25, 0.3) is 0 Å². The van der Waals surface area contributed by atoms with Gasteiger partial charge in [-0.3, -0.25) is 0 Å². The number of halogens is 2. The van der Waals surface area contributed by atoms with Gasteiger partial charge in [-0.25, -0.2) is 0 Å². The van der Waals surface area contributed by atoms with Crippen LogP contribution in [-0.2, 0) is 0 Å². The Morgan fingerprint density at radius 1 is 1.05 bits per heavy atom. The Hall–Kier alpha value is -0.410. The molecule has 0 radical (unpaired) electrons. The molecule has 0 amide bonds. The molecule has 0 bridgehead atoms. The molecule has 3 rings (SSSR count). The zero-order valence-corrected chi connectivity index (χ0v) is 14.6. The van der Waals surface area contributed by atoms with Crippen LogP contribution < -0.4 is 9.47 Å². The molecule has 0 spiro atoms. The van der Waals surface area contributed by atoms with E-state index in [4.69, 9.17) is 21.1 Å². The molecule has 4 heteroatoms. The molecule has 0 aromatic heterocycles. The fourth-order valence-corrected chi connectivity index (χ4v) is 4.45. The third kappa shape index (κ3) is 3.87. The van der Waals surface area contributed by atoms with Gasteiger partial charge < -0.3 is 9.47 Å². The number of alkyl halides is 1. The Balaban J connectivity index is 1.75. The third-order valence-corrected chi connectivity index (χ3v) is 5.57. The van der Waals surface area contributed by atoms with Crippen LogP contribution in [0.4, 0.5) is 0 Å². The largest absolute Gasteiger partial charge is 0.490 e. The summed E-state index contributed by atoms with van der Waals surface area (Å²) in [5.74, 6) is 2.42. The van der Waals surface area contributed by atoms with Gasteiger partial charge in [0.1, 0.15) is 0 Å². The average molecular weight is 374 g/mol. The van der Waals surface area contributed by atoms with Crippen molar-refractivity contribution in [2.45, 2.75) is 50.3 Å². The normalized spacial score (nSPS) is 20.9. The second kappa shape index (κ2) is 7.23. The van der Waals surface area contributed by atoms with E-state index in [2.05, 4.69) is 22.0 Å². The first-order chi connectivity index (χ1) is 10.2. The van der Waals surface area contributed by atoms with Crippen molar-refractivity contribution in [1.82, 2.24) is 0 Å². The van der Waals surface area contributed by atoms with E-state index in [0.29, 0.717) is 13.2 Å². The minimum Gasteiger partial charge on any atom is -0.490 e. The maximum Gasteiger partial charge on any atom is 0.162 e. The summed E-state index contributed by atoms with van der Waals surface area (Å²) in [7, 11) is 0. The Morgan fingerprint density at radius 3 is 2.43 bits per heavy atom. The molecule has 2 aliphatic rings. The molecular weight excluding hydrogens is 352 g/mol. The SMILES string of the molecule is ClC(CC1CCCCC1)c1cc2c(cc1Br)OCCCO2. The minimum absolute atomic E-state index is 0.0413. The van der Waals surface area contributed by atoms with Crippen molar-refractivity contribution in [1.29, 1.82) is 0 Å². The Labute approximate surface area is 140 Å². The molecule has 116 valence electrons. The van der Waals surface area contributed by atoms with Crippen molar-refractivity contribution in [2.24, 2.45) is 5.92 Å². The Morgan fingerprint density at radius 2 is 1.71 bits per heavy atom. The molecule has 1 aliphatic carbocycles. The highest BCUT2D eigenvalue weighted by Crippen LogP contribution is 2.42. The van der Waals surface area contributed by atoms with Crippen molar-refractivity contribution in [3.05, 3.63) is 22.2 Å². The number of hydrogen-bond acceptors (Lipinski definition) is 2. The second-order valence-electron chi connectivity index (χ2n) is 6.08. The maximum absolute atomic E-state index is 6.70. The highest BCUT2D eigenvalue weighted by Gasteiger charge is 2.22. The molecule has 21 heavy (non-hydrogen) atoms. The summed E-state index contributed by atoms with van der Waals surface area (Å²) in [5.41, 5.74) is 1.13. The van der Waals surface area contributed by atoms with Crippen molar-refractivity contribution >= 4 is 27.5 Å². The van der Waals surface area contributed by atoms with Crippen LogP contribution in [0, 0.1) is 5.92 Å². The second-order valence-corrected chi connectivity index (χ2v) is 7.46. The van der Waals surface area contributed by atoms with Crippen molar-refractivity contribution in [3.63, 3.8) is 0 Å². The Kier molecular flexibility index (Phi) is 5.33. The predicted molar refractivity (Wildman–Crippen MR) is 89.5 cm³/mol. The van der Waals surface area contributed by atoms with E-state index in [1.807, 2.05) is 6.07 Å². The van der Waals surface area contributed by atoms with Gasteiger partial charge in [0.2, 0.25) is 0 Å². The lowest BCUT2D eigenvalue weighted by Crippen LogP contribution is -2.09. The molecule has 1 atom stereocenters. The lowest BCUT2D eigenvalue weighted by atomic mass is 9.85. The highest BCUT2D eigenvalue weighted by molar-refractivity contribution is 9.10. The lowest BCUT2D eigenvalue weighted by Gasteiger charge is -2.24. The van der Waals surface area contributed by atoms with Gasteiger partial charge in [-0.1, -0.05) is 48.0 Å². The smallest absolute Gasteiger partial charge is 0.162 e. The van der Waals surface area contributed by atoms with Crippen LogP contribution in [0.25, 0.3) is 0 Å². The molecule has 1 aromatic carbocycles. The number of benzene rings is 1. The van der Waals surface area contributed by atoms with E-state index in [1.54, 1.807) is 0 Å². The molecular formula is C17H22BrClO2. The van der Waals surface area contributed by atoms with Crippen molar-refractivity contribution in [2.75, 3.05) is 13.2 Å². The first-order valence-corrected chi connectivity index (χ1v) is 9.20. The van der Waals surface area contributed by atoms with Gasteiger partial charge in [-0.05, 0) is 30.0 Å². The first-order valence-electron chi connectivity index (χ1n) is 7.97. The van der Waals surface area contributed by atoms with E-state index < -0.39 is 0 Å². The quantitative estimate of drug-likeness (QED) is 0.618. The van der Waals surface area contributed by atoms with Gasteiger partial charge in [-0.2, -0.15) is 0 Å². The Bertz CT molecular complexity index is 486. The van der Waals surface area contributed by atoms with E-state index >= 15 is 0 Å². The average Bonchev–Trinajstić information content (AvgIpc) is 2.72. The van der Waals surface area contributed by atoms with E-state index in [-0.39, 0.29) is 5.38 Å². The van der Waals surface area contributed by atoms with Gasteiger partial charge in [0, 0.05) is 10.9 Å². The number of fused-ring (bicyclic) bond motifs is 1. The van der Waals surface area contributed by atoms with E-state index in [1.165, 1.54) is 32.1 Å². The summed E-state index contributed by atoms with van der Waals surface area (Å²) in [6.45, 7) is 1.43. The van der Waals surface area contributed by atoms with Crippen LogP contribution >= 0.6 is 27.5 Å². The summed E-state index contributed by atoms with van der Waals surface area (Å²) in [4.78, 5) is 0. The number of rotatable bonds is 3. The summed E-state index contributed by atoms with van der Waals surface area (Å²) in [6, 6.07) is 4.07. The molecule has 0 N–H and O–H groups in total. The lowest BCUT2D eigenvalue weighted by molar-refractivity contribution is 0.297. The molecule has 1 unspecified atom stereocenters. The van der Waals surface area contributed by atoms with Gasteiger partial charge in [0.15, 0.2) is 11.5 Å². The monoisotopic (exact) mass is 372 g/mol.